The summed E-state index contributed by atoms with van der Waals surface area (Å²) in [5, 5.41) is 4.28. The molecule has 3 aromatic rings. The molecular formula is C17H12O3. The maximum Gasteiger partial charge on any atom is 0.172 e. The Hall–Kier alpha value is -2.55. The third-order valence-corrected chi connectivity index (χ3v) is 3.69. The van der Waals surface area contributed by atoms with E-state index < -0.39 is 0 Å². The molecule has 0 amide bonds. The first-order valence-electron chi connectivity index (χ1n) is 6.58. The second-order valence-corrected chi connectivity index (χ2v) is 4.82. The number of benzene rings is 3. The van der Waals surface area contributed by atoms with Gasteiger partial charge in [0.1, 0.15) is 13.2 Å². The maximum atomic E-state index is 11.3. The number of fused-ring (bicyclic) bond motifs is 5. The molecule has 0 aliphatic carbocycles. The number of hydrogen-bond acceptors (Lipinski definition) is 3. The Balaban J connectivity index is 2.19. The van der Waals surface area contributed by atoms with Crippen molar-refractivity contribution in [2.45, 2.75) is 0 Å². The molecule has 3 heteroatoms. The van der Waals surface area contributed by atoms with Crippen molar-refractivity contribution in [1.29, 1.82) is 0 Å². The van der Waals surface area contributed by atoms with Gasteiger partial charge >= 0.3 is 0 Å². The normalized spacial score (nSPS) is 13.6. The zero-order chi connectivity index (χ0) is 13.5. The van der Waals surface area contributed by atoms with E-state index >= 15 is 0 Å². The molecule has 0 bridgehead atoms. The van der Waals surface area contributed by atoms with Gasteiger partial charge in [0.25, 0.3) is 0 Å². The molecule has 0 saturated heterocycles. The van der Waals surface area contributed by atoms with Gasteiger partial charge in [-0.1, -0.05) is 30.3 Å². The smallest absolute Gasteiger partial charge is 0.172 e. The van der Waals surface area contributed by atoms with Crippen LogP contribution in [-0.2, 0) is 0 Å². The van der Waals surface area contributed by atoms with E-state index in [0.29, 0.717) is 30.3 Å². The second-order valence-electron chi connectivity index (χ2n) is 4.82. The molecule has 0 saturated carbocycles. The predicted molar refractivity (Wildman–Crippen MR) is 77.8 cm³/mol. The molecule has 0 unspecified atom stereocenters. The predicted octanol–water partition coefficient (Wildman–Crippen LogP) is 3.58. The van der Waals surface area contributed by atoms with Crippen LogP contribution in [0.5, 0.6) is 11.5 Å². The Bertz CT molecular complexity index is 836. The number of rotatable bonds is 1. The lowest BCUT2D eigenvalue weighted by Gasteiger charge is -2.22. The molecule has 3 nitrogen and oxygen atoms in total. The van der Waals surface area contributed by atoms with Gasteiger partial charge in [-0.25, -0.2) is 0 Å². The lowest BCUT2D eigenvalue weighted by molar-refractivity contribution is 0.111. The lowest BCUT2D eigenvalue weighted by atomic mass is 9.98. The van der Waals surface area contributed by atoms with E-state index in [1.54, 1.807) is 0 Å². The first-order chi connectivity index (χ1) is 9.88. The van der Waals surface area contributed by atoms with Crippen molar-refractivity contribution < 1.29 is 14.3 Å². The first kappa shape index (κ1) is 11.3. The van der Waals surface area contributed by atoms with Gasteiger partial charge in [0, 0.05) is 5.39 Å². The van der Waals surface area contributed by atoms with E-state index in [2.05, 4.69) is 18.2 Å². The van der Waals surface area contributed by atoms with E-state index in [-0.39, 0.29) is 0 Å². The Labute approximate surface area is 115 Å². The number of carbonyl (C=O) groups is 1. The van der Waals surface area contributed by atoms with Gasteiger partial charge in [0.15, 0.2) is 17.8 Å². The number of aldehydes is 1. The standard InChI is InChI=1S/C17H12O3/c18-10-12-9-15-13-4-2-1-3-11(13)5-6-14(15)17-16(12)19-7-8-20-17/h1-6,9-10H,7-8H2. The van der Waals surface area contributed by atoms with Crippen molar-refractivity contribution >= 4 is 27.8 Å². The van der Waals surface area contributed by atoms with Crippen LogP contribution in [0.4, 0.5) is 0 Å². The Morgan fingerprint density at radius 1 is 0.850 bits per heavy atom. The highest BCUT2D eigenvalue weighted by Crippen LogP contribution is 2.42. The van der Waals surface area contributed by atoms with Gasteiger partial charge in [0.05, 0.1) is 5.56 Å². The molecule has 20 heavy (non-hydrogen) atoms. The molecule has 1 heterocycles. The van der Waals surface area contributed by atoms with Gasteiger partial charge in [-0.15, -0.1) is 0 Å². The van der Waals surface area contributed by atoms with Crippen molar-refractivity contribution in [3.8, 4) is 11.5 Å². The van der Waals surface area contributed by atoms with Crippen molar-refractivity contribution in [3.05, 3.63) is 48.0 Å². The van der Waals surface area contributed by atoms with Crippen LogP contribution in [0.25, 0.3) is 21.5 Å². The van der Waals surface area contributed by atoms with Crippen LogP contribution in [0, 0.1) is 0 Å². The van der Waals surface area contributed by atoms with Gasteiger partial charge in [0.2, 0.25) is 0 Å². The average Bonchev–Trinajstić information content (AvgIpc) is 2.53. The molecule has 0 fully saturated rings. The third kappa shape index (κ3) is 1.50. The molecule has 0 radical (unpaired) electrons. The fourth-order valence-electron chi connectivity index (χ4n) is 2.79. The number of hydrogen-bond donors (Lipinski definition) is 0. The van der Waals surface area contributed by atoms with Gasteiger partial charge in [-0.05, 0) is 28.3 Å². The van der Waals surface area contributed by atoms with Gasteiger partial charge in [-0.2, -0.15) is 0 Å². The van der Waals surface area contributed by atoms with Crippen molar-refractivity contribution in [1.82, 2.24) is 0 Å². The Kier molecular flexibility index (Phi) is 2.39. The van der Waals surface area contributed by atoms with Crippen LogP contribution >= 0.6 is 0 Å². The van der Waals surface area contributed by atoms with E-state index in [0.717, 1.165) is 27.8 Å². The zero-order valence-electron chi connectivity index (χ0n) is 10.8. The molecule has 4 rings (SSSR count). The summed E-state index contributed by atoms with van der Waals surface area (Å²) in [5.74, 6) is 1.25. The summed E-state index contributed by atoms with van der Waals surface area (Å²) >= 11 is 0. The Morgan fingerprint density at radius 2 is 1.65 bits per heavy atom. The summed E-state index contributed by atoms with van der Waals surface area (Å²) < 4.78 is 11.4. The van der Waals surface area contributed by atoms with E-state index in [1.165, 1.54) is 0 Å². The highest BCUT2D eigenvalue weighted by Gasteiger charge is 2.20. The summed E-state index contributed by atoms with van der Waals surface area (Å²) in [5.41, 5.74) is 0.545. The molecular weight excluding hydrogens is 252 g/mol. The molecule has 1 aliphatic rings. The average molecular weight is 264 g/mol. The van der Waals surface area contributed by atoms with Crippen LogP contribution in [0.3, 0.4) is 0 Å². The minimum atomic E-state index is 0.479. The molecule has 0 spiro atoms. The second kappa shape index (κ2) is 4.23. The molecule has 0 aromatic heterocycles. The van der Waals surface area contributed by atoms with Crippen LogP contribution in [0.15, 0.2) is 42.5 Å². The Morgan fingerprint density at radius 3 is 2.50 bits per heavy atom. The van der Waals surface area contributed by atoms with Crippen LogP contribution in [0.1, 0.15) is 10.4 Å². The van der Waals surface area contributed by atoms with Crippen LogP contribution < -0.4 is 9.47 Å². The van der Waals surface area contributed by atoms with E-state index in [9.17, 15) is 4.79 Å². The highest BCUT2D eigenvalue weighted by atomic mass is 16.6. The minimum absolute atomic E-state index is 0.479. The van der Waals surface area contributed by atoms with E-state index in [4.69, 9.17) is 9.47 Å². The zero-order valence-corrected chi connectivity index (χ0v) is 10.8. The monoisotopic (exact) mass is 264 g/mol. The summed E-state index contributed by atoms with van der Waals surface area (Å²) in [6, 6.07) is 14.1. The van der Waals surface area contributed by atoms with Crippen molar-refractivity contribution in [3.63, 3.8) is 0 Å². The molecule has 0 atom stereocenters. The number of carbonyl (C=O) groups excluding carboxylic acids is 1. The quantitative estimate of drug-likeness (QED) is 0.498. The van der Waals surface area contributed by atoms with Gasteiger partial charge < -0.3 is 9.47 Å². The number of ether oxygens (including phenoxy) is 2. The summed E-state index contributed by atoms with van der Waals surface area (Å²) in [7, 11) is 0. The molecule has 3 aromatic carbocycles. The highest BCUT2D eigenvalue weighted by molar-refractivity contribution is 6.12. The third-order valence-electron chi connectivity index (χ3n) is 3.69. The van der Waals surface area contributed by atoms with Gasteiger partial charge in [-0.3, -0.25) is 4.79 Å². The maximum absolute atomic E-state index is 11.3. The summed E-state index contributed by atoms with van der Waals surface area (Å²) in [6.07, 6.45) is 0.828. The minimum Gasteiger partial charge on any atom is -0.485 e. The summed E-state index contributed by atoms with van der Waals surface area (Å²) in [4.78, 5) is 11.3. The first-order valence-corrected chi connectivity index (χ1v) is 6.58. The van der Waals surface area contributed by atoms with Crippen molar-refractivity contribution in [2.24, 2.45) is 0 Å². The van der Waals surface area contributed by atoms with Crippen LogP contribution in [-0.4, -0.2) is 19.5 Å². The van der Waals surface area contributed by atoms with Crippen LogP contribution in [0.2, 0.25) is 0 Å². The molecule has 98 valence electrons. The largest absolute Gasteiger partial charge is 0.485 e. The fraction of sp³-hybridized carbons (Fsp3) is 0.118. The topological polar surface area (TPSA) is 35.5 Å². The SMILES string of the molecule is O=Cc1cc2c(ccc3ccccc32)c2c1OCCO2. The molecule has 0 N–H and O–H groups in total. The van der Waals surface area contributed by atoms with Crippen molar-refractivity contribution in [2.75, 3.05) is 13.2 Å². The fourth-order valence-corrected chi connectivity index (χ4v) is 2.79. The summed E-state index contributed by atoms with van der Waals surface area (Å²) in [6.45, 7) is 0.990. The van der Waals surface area contributed by atoms with E-state index in [1.807, 2.05) is 24.3 Å². The molecule has 1 aliphatic heterocycles. The lowest BCUT2D eigenvalue weighted by Crippen LogP contribution is -2.16.